The third-order valence-corrected chi connectivity index (χ3v) is 6.69. The summed E-state index contributed by atoms with van der Waals surface area (Å²) in [5.74, 6) is -2.14. The van der Waals surface area contributed by atoms with Crippen LogP contribution in [0, 0.1) is 11.8 Å². The van der Waals surface area contributed by atoms with Gasteiger partial charge in [-0.2, -0.15) is 9.37 Å². The van der Waals surface area contributed by atoms with E-state index in [2.05, 4.69) is 20.2 Å². The number of carbonyl (C=O) groups is 2. The molecule has 1 aromatic heterocycles. The van der Waals surface area contributed by atoms with Gasteiger partial charge in [-0.25, -0.2) is 14.2 Å². The molecule has 2 aliphatic heterocycles. The second kappa shape index (κ2) is 10.1. The molecule has 0 atom stereocenters. The van der Waals surface area contributed by atoms with Gasteiger partial charge in [-0.15, -0.1) is 0 Å². The zero-order valence-electron chi connectivity index (χ0n) is 22.1. The summed E-state index contributed by atoms with van der Waals surface area (Å²) in [5.41, 5.74) is 7.72. The van der Waals surface area contributed by atoms with Crippen molar-refractivity contribution in [2.24, 2.45) is 0 Å². The van der Waals surface area contributed by atoms with E-state index in [0.29, 0.717) is 50.3 Å². The second-order valence-electron chi connectivity index (χ2n) is 10.6. The van der Waals surface area contributed by atoms with Crippen molar-refractivity contribution in [3.63, 3.8) is 0 Å². The van der Waals surface area contributed by atoms with Gasteiger partial charge in [0.1, 0.15) is 22.8 Å². The molecule has 1 fully saturated rings. The average molecular weight is 537 g/mol. The van der Waals surface area contributed by atoms with Gasteiger partial charge in [0, 0.05) is 55.1 Å². The fraction of sp³-hybridized carbons (Fsp3) is 0.357. The highest BCUT2D eigenvalue weighted by atomic mass is 19.1. The number of benzene rings is 2. The number of amides is 2. The first kappa shape index (κ1) is 26.3. The molecule has 0 aliphatic carbocycles. The quantitative estimate of drug-likeness (QED) is 0.520. The van der Waals surface area contributed by atoms with Crippen LogP contribution in [0.2, 0.25) is 0 Å². The molecule has 39 heavy (non-hydrogen) atoms. The molecule has 204 valence electrons. The Kier molecular flexibility index (Phi) is 6.83. The van der Waals surface area contributed by atoms with E-state index < -0.39 is 17.4 Å². The van der Waals surface area contributed by atoms with Crippen molar-refractivity contribution in [2.45, 2.75) is 32.8 Å². The summed E-state index contributed by atoms with van der Waals surface area (Å²) in [6, 6.07) is 9.81. The van der Waals surface area contributed by atoms with Crippen LogP contribution in [0.3, 0.4) is 0 Å². The molecule has 1 saturated heterocycles. The van der Waals surface area contributed by atoms with E-state index >= 15 is 4.39 Å². The predicted octanol–water partition coefficient (Wildman–Crippen LogP) is 4.01. The summed E-state index contributed by atoms with van der Waals surface area (Å²) in [7, 11) is 0. The van der Waals surface area contributed by atoms with Crippen molar-refractivity contribution in [3.05, 3.63) is 59.3 Å². The highest BCUT2D eigenvalue weighted by Crippen LogP contribution is 2.33. The number of aromatic nitrogens is 2. The van der Waals surface area contributed by atoms with E-state index in [1.807, 2.05) is 32.9 Å². The molecule has 2 aromatic carbocycles. The Morgan fingerprint density at radius 1 is 1.00 bits per heavy atom. The number of anilines is 2. The largest absolute Gasteiger partial charge is 0.444 e. The van der Waals surface area contributed by atoms with Gasteiger partial charge in [-0.05, 0) is 57.0 Å². The van der Waals surface area contributed by atoms with Gasteiger partial charge >= 0.3 is 6.09 Å². The molecule has 3 aromatic rings. The van der Waals surface area contributed by atoms with Gasteiger partial charge in [0.2, 0.25) is 5.95 Å². The lowest BCUT2D eigenvalue weighted by Crippen LogP contribution is -2.50. The van der Waals surface area contributed by atoms with Gasteiger partial charge < -0.3 is 25.6 Å². The van der Waals surface area contributed by atoms with Crippen molar-refractivity contribution in [2.75, 3.05) is 43.4 Å². The van der Waals surface area contributed by atoms with Crippen LogP contribution in [-0.2, 0) is 11.2 Å². The number of nitrogens with one attached hydrogen (secondary N) is 1. The van der Waals surface area contributed by atoms with E-state index in [9.17, 15) is 14.0 Å². The molecule has 0 radical (unpaired) electrons. The van der Waals surface area contributed by atoms with Crippen molar-refractivity contribution < 1.29 is 23.1 Å². The monoisotopic (exact) mass is 536 g/mol. The van der Waals surface area contributed by atoms with Gasteiger partial charge in [-0.1, -0.05) is 12.1 Å². The number of nitrogen functional groups attached to an aromatic ring is 1. The van der Waals surface area contributed by atoms with Crippen LogP contribution in [0.4, 0.5) is 25.1 Å². The van der Waals surface area contributed by atoms with E-state index in [1.165, 1.54) is 6.07 Å². The SMILES string of the molecule is CC(C)(C)OC(=O)N1CCN(c2ccc(-c3nc(-c4cc5c(cc4F)C(=O)NCC5)c(N)nc3F)cc2)CC1. The summed E-state index contributed by atoms with van der Waals surface area (Å²) < 4.78 is 35.4. The number of hydrogen-bond donors (Lipinski definition) is 2. The zero-order chi connectivity index (χ0) is 27.9. The fourth-order valence-electron chi connectivity index (χ4n) is 4.74. The molecule has 2 aliphatic rings. The summed E-state index contributed by atoms with van der Waals surface area (Å²) in [6.45, 7) is 8.23. The Bertz CT molecular complexity index is 1430. The lowest BCUT2D eigenvalue weighted by atomic mass is 9.96. The van der Waals surface area contributed by atoms with Crippen LogP contribution < -0.4 is 16.0 Å². The van der Waals surface area contributed by atoms with E-state index in [1.54, 1.807) is 17.0 Å². The van der Waals surface area contributed by atoms with E-state index in [-0.39, 0.29) is 40.3 Å². The van der Waals surface area contributed by atoms with Crippen LogP contribution in [0.1, 0.15) is 36.7 Å². The van der Waals surface area contributed by atoms with Crippen molar-refractivity contribution in [3.8, 4) is 22.5 Å². The summed E-state index contributed by atoms with van der Waals surface area (Å²) in [5, 5.41) is 2.68. The molecule has 0 bridgehead atoms. The zero-order valence-corrected chi connectivity index (χ0v) is 22.1. The maximum Gasteiger partial charge on any atom is 0.410 e. The molecule has 0 spiro atoms. The third kappa shape index (κ3) is 5.47. The Morgan fingerprint density at radius 2 is 1.69 bits per heavy atom. The highest BCUT2D eigenvalue weighted by Gasteiger charge is 2.27. The summed E-state index contributed by atoms with van der Waals surface area (Å²) in [4.78, 5) is 36.4. The number of piperazine rings is 1. The Morgan fingerprint density at radius 3 is 2.36 bits per heavy atom. The molecule has 5 rings (SSSR count). The number of nitrogens with zero attached hydrogens (tertiary/aromatic N) is 4. The minimum absolute atomic E-state index is 0.0139. The normalized spacial score (nSPS) is 15.6. The average Bonchev–Trinajstić information content (AvgIpc) is 2.89. The Labute approximate surface area is 225 Å². The first-order chi connectivity index (χ1) is 18.5. The number of fused-ring (bicyclic) bond motifs is 1. The maximum absolute atomic E-state index is 15.0. The standard InChI is InChI=1S/C28H30F2N6O3/c1-28(2,3)39-27(38)36-12-10-35(11-13-36)18-6-4-16(5-7-18)22-24(30)34-25(31)23(33-22)20-14-17-8-9-32-26(37)19(17)15-21(20)29/h4-7,14-15H,8-13H2,1-3H3,(H2,31,34)(H,32,37). The van der Waals surface area contributed by atoms with Crippen molar-refractivity contribution in [1.29, 1.82) is 0 Å². The molecule has 3 N–H and O–H groups in total. The number of halogens is 2. The van der Waals surface area contributed by atoms with Crippen LogP contribution in [0.25, 0.3) is 22.5 Å². The topological polar surface area (TPSA) is 114 Å². The molecule has 3 heterocycles. The first-order valence-corrected chi connectivity index (χ1v) is 12.8. The molecule has 0 unspecified atom stereocenters. The van der Waals surface area contributed by atoms with Crippen molar-refractivity contribution >= 4 is 23.5 Å². The predicted molar refractivity (Wildman–Crippen MR) is 143 cm³/mol. The van der Waals surface area contributed by atoms with E-state index in [4.69, 9.17) is 10.5 Å². The van der Waals surface area contributed by atoms with Crippen LogP contribution >= 0.6 is 0 Å². The second-order valence-corrected chi connectivity index (χ2v) is 10.6. The number of hydrogen-bond acceptors (Lipinski definition) is 7. The lowest BCUT2D eigenvalue weighted by Gasteiger charge is -2.36. The van der Waals surface area contributed by atoms with Gasteiger partial charge in [0.25, 0.3) is 5.91 Å². The molecule has 0 saturated carbocycles. The third-order valence-electron chi connectivity index (χ3n) is 6.69. The number of rotatable bonds is 3. The van der Waals surface area contributed by atoms with E-state index in [0.717, 1.165) is 11.8 Å². The summed E-state index contributed by atoms with van der Waals surface area (Å²) >= 11 is 0. The molecular weight excluding hydrogens is 506 g/mol. The van der Waals surface area contributed by atoms with Crippen LogP contribution in [0.15, 0.2) is 36.4 Å². The number of nitrogens with two attached hydrogens (primary N) is 1. The highest BCUT2D eigenvalue weighted by molar-refractivity contribution is 5.97. The Balaban J connectivity index is 1.36. The fourth-order valence-corrected chi connectivity index (χ4v) is 4.74. The van der Waals surface area contributed by atoms with Crippen molar-refractivity contribution in [1.82, 2.24) is 20.2 Å². The molecular formula is C28H30F2N6O3. The minimum Gasteiger partial charge on any atom is -0.444 e. The van der Waals surface area contributed by atoms with Gasteiger partial charge in [0.05, 0.1) is 0 Å². The number of ether oxygens (including phenoxy) is 1. The Hall–Kier alpha value is -4.28. The molecule has 2 amide bonds. The number of carbonyl (C=O) groups excluding carboxylic acids is 2. The molecule has 11 heteroatoms. The van der Waals surface area contributed by atoms with Crippen LogP contribution in [0.5, 0.6) is 0 Å². The minimum atomic E-state index is -0.868. The lowest BCUT2D eigenvalue weighted by molar-refractivity contribution is 0.0240. The smallest absolute Gasteiger partial charge is 0.410 e. The molecule has 9 nitrogen and oxygen atoms in total. The first-order valence-electron chi connectivity index (χ1n) is 12.8. The van der Waals surface area contributed by atoms with Gasteiger partial charge in [-0.3, -0.25) is 4.79 Å². The summed E-state index contributed by atoms with van der Waals surface area (Å²) in [6.07, 6.45) is 0.202. The van der Waals surface area contributed by atoms with Crippen LogP contribution in [-0.4, -0.2) is 65.2 Å². The maximum atomic E-state index is 15.0. The van der Waals surface area contributed by atoms with Gasteiger partial charge in [0.15, 0.2) is 5.82 Å².